The van der Waals surface area contributed by atoms with E-state index in [4.69, 9.17) is 0 Å². The van der Waals surface area contributed by atoms with Crippen LogP contribution in [0.3, 0.4) is 0 Å². The van der Waals surface area contributed by atoms with Gasteiger partial charge in [-0.05, 0) is 33.6 Å². The maximum atomic E-state index is 12.2. The van der Waals surface area contributed by atoms with Crippen molar-refractivity contribution in [3.05, 3.63) is 0 Å². The maximum absolute atomic E-state index is 12.2. The molecule has 20 heavy (non-hydrogen) atoms. The fourth-order valence-electron chi connectivity index (χ4n) is 2.12. The second-order valence-electron chi connectivity index (χ2n) is 5.99. The van der Waals surface area contributed by atoms with E-state index in [-0.39, 0.29) is 11.6 Å². The number of carbonyl (C=O) groups excluding carboxylic acids is 1. The number of hydrogen-bond donors (Lipinski definition) is 2. The van der Waals surface area contributed by atoms with Crippen LogP contribution >= 0.6 is 0 Å². The van der Waals surface area contributed by atoms with Gasteiger partial charge in [-0.25, -0.2) is 9.52 Å². The molecule has 2 N–H and O–H groups in total. The molecule has 1 fully saturated rings. The fourth-order valence-corrected chi connectivity index (χ4v) is 3.48. The highest BCUT2D eigenvalue weighted by Crippen LogP contribution is 2.20. The van der Waals surface area contributed by atoms with E-state index < -0.39 is 16.3 Å². The van der Waals surface area contributed by atoms with Gasteiger partial charge in [0.05, 0.1) is 7.11 Å². The van der Waals surface area contributed by atoms with Gasteiger partial charge in [-0.3, -0.25) is 0 Å². The van der Waals surface area contributed by atoms with Gasteiger partial charge >= 0.3 is 16.3 Å². The van der Waals surface area contributed by atoms with Gasteiger partial charge in [0.15, 0.2) is 0 Å². The Morgan fingerprint density at radius 1 is 1.35 bits per heavy atom. The van der Waals surface area contributed by atoms with Gasteiger partial charge in [-0.1, -0.05) is 6.42 Å². The number of amides is 1. The van der Waals surface area contributed by atoms with Crippen molar-refractivity contribution in [1.29, 1.82) is 0 Å². The smallest absolute Gasteiger partial charge is 0.421 e. The zero-order valence-corrected chi connectivity index (χ0v) is 13.4. The Morgan fingerprint density at radius 3 is 2.55 bits per heavy atom. The van der Waals surface area contributed by atoms with Gasteiger partial charge in [0.2, 0.25) is 0 Å². The highest BCUT2D eigenvalue weighted by Gasteiger charge is 2.34. The summed E-state index contributed by atoms with van der Waals surface area (Å²) in [5.74, 6) is 0. The molecule has 1 aliphatic heterocycles. The van der Waals surface area contributed by atoms with E-state index in [1.807, 2.05) is 25.5 Å². The van der Waals surface area contributed by atoms with Gasteiger partial charge in [0, 0.05) is 24.7 Å². The van der Waals surface area contributed by atoms with Gasteiger partial charge in [-0.15, -0.1) is 0 Å². The van der Waals surface area contributed by atoms with Crippen LogP contribution in [-0.2, 0) is 14.9 Å². The van der Waals surface area contributed by atoms with Crippen LogP contribution in [0.1, 0.15) is 40.0 Å². The molecule has 1 unspecified atom stereocenters. The molecule has 1 heterocycles. The minimum absolute atomic E-state index is 0.0807. The molecule has 0 aromatic heterocycles. The van der Waals surface area contributed by atoms with Crippen LogP contribution in [0.4, 0.5) is 4.79 Å². The Balaban J connectivity index is 2.75. The highest BCUT2D eigenvalue weighted by molar-refractivity contribution is 7.87. The molecular formula is C12H25N3O4S. The monoisotopic (exact) mass is 307 g/mol. The van der Waals surface area contributed by atoms with Crippen molar-refractivity contribution >= 4 is 16.3 Å². The third-order valence-corrected chi connectivity index (χ3v) is 4.67. The molecule has 0 radical (unpaired) electrons. The van der Waals surface area contributed by atoms with Crippen molar-refractivity contribution in [3.8, 4) is 0 Å². The topological polar surface area (TPSA) is 87.7 Å². The lowest BCUT2D eigenvalue weighted by Crippen LogP contribution is -2.55. The first kappa shape index (κ1) is 17.2. The molecule has 0 bridgehead atoms. The van der Waals surface area contributed by atoms with Crippen LogP contribution in [0.5, 0.6) is 0 Å². The number of ether oxygens (including phenoxy) is 1. The molecule has 7 nitrogen and oxygen atoms in total. The molecular weight excluding hydrogens is 282 g/mol. The lowest BCUT2D eigenvalue weighted by molar-refractivity contribution is 0.175. The molecule has 118 valence electrons. The predicted octanol–water partition coefficient (Wildman–Crippen LogP) is 0.830. The van der Waals surface area contributed by atoms with E-state index in [9.17, 15) is 13.2 Å². The summed E-state index contributed by atoms with van der Waals surface area (Å²) < 4.78 is 32.0. The summed E-state index contributed by atoms with van der Waals surface area (Å²) in [6, 6.07) is -0.148. The van der Waals surface area contributed by atoms with E-state index in [1.165, 1.54) is 4.31 Å². The largest absolute Gasteiger partial charge is 0.452 e. The van der Waals surface area contributed by atoms with Crippen molar-refractivity contribution in [3.63, 3.8) is 0 Å². The summed E-state index contributed by atoms with van der Waals surface area (Å²) >= 11 is 0. The minimum Gasteiger partial charge on any atom is -0.452 e. The highest BCUT2D eigenvalue weighted by atomic mass is 32.2. The van der Waals surface area contributed by atoms with E-state index in [2.05, 4.69) is 10.1 Å². The summed E-state index contributed by atoms with van der Waals surface area (Å²) in [4.78, 5) is 11.1. The first-order chi connectivity index (χ1) is 9.15. The first-order valence-corrected chi connectivity index (χ1v) is 8.22. The van der Waals surface area contributed by atoms with Gasteiger partial charge in [-0.2, -0.15) is 12.7 Å². The Labute approximate surface area is 121 Å². The standard InChI is InChI=1S/C12H25N3O4S/c1-12(2,3)13-9-10-7-5-6-8-15(10)20(17,18)14-11(16)19-4/h10,13H,5-9H2,1-4H3,(H,14,16). The van der Waals surface area contributed by atoms with Crippen molar-refractivity contribution < 1.29 is 17.9 Å². The molecule has 0 aliphatic carbocycles. The Morgan fingerprint density at radius 2 is 2.00 bits per heavy atom. The lowest BCUT2D eigenvalue weighted by atomic mass is 10.0. The normalized spacial score (nSPS) is 21.5. The lowest BCUT2D eigenvalue weighted by Gasteiger charge is -2.36. The quantitative estimate of drug-likeness (QED) is 0.803. The van der Waals surface area contributed by atoms with Crippen molar-refractivity contribution in [1.82, 2.24) is 14.3 Å². The van der Waals surface area contributed by atoms with E-state index >= 15 is 0 Å². The molecule has 1 atom stereocenters. The Hall–Kier alpha value is -0.860. The molecule has 1 amide bonds. The fraction of sp³-hybridized carbons (Fsp3) is 0.917. The van der Waals surface area contributed by atoms with Crippen LogP contribution in [0.2, 0.25) is 0 Å². The molecule has 0 saturated carbocycles. The average Bonchev–Trinajstić information content (AvgIpc) is 2.35. The third kappa shape index (κ3) is 5.26. The zero-order valence-electron chi connectivity index (χ0n) is 12.6. The number of methoxy groups -OCH3 is 1. The van der Waals surface area contributed by atoms with Crippen molar-refractivity contribution in [2.24, 2.45) is 0 Å². The van der Waals surface area contributed by atoms with Crippen LogP contribution in [0, 0.1) is 0 Å². The number of carbonyl (C=O) groups is 1. The number of piperidine rings is 1. The predicted molar refractivity (Wildman–Crippen MR) is 76.6 cm³/mol. The second-order valence-corrected chi connectivity index (χ2v) is 7.61. The molecule has 0 spiro atoms. The van der Waals surface area contributed by atoms with Gasteiger partial charge in [0.25, 0.3) is 0 Å². The minimum atomic E-state index is -3.84. The van der Waals surface area contributed by atoms with Crippen LogP contribution in [-0.4, -0.2) is 50.6 Å². The van der Waals surface area contributed by atoms with Crippen LogP contribution in [0.25, 0.3) is 0 Å². The van der Waals surface area contributed by atoms with Gasteiger partial charge in [0.1, 0.15) is 0 Å². The summed E-state index contributed by atoms with van der Waals surface area (Å²) in [6.07, 6.45) is 1.61. The van der Waals surface area contributed by atoms with Crippen LogP contribution < -0.4 is 10.0 Å². The Kier molecular flexibility index (Phi) is 5.79. The Bertz CT molecular complexity index is 430. The molecule has 1 rings (SSSR count). The number of hydrogen-bond acceptors (Lipinski definition) is 5. The van der Waals surface area contributed by atoms with E-state index in [1.54, 1.807) is 0 Å². The molecule has 8 heteroatoms. The second kappa shape index (κ2) is 6.73. The summed E-state index contributed by atoms with van der Waals surface area (Å²) in [6.45, 7) is 7.07. The van der Waals surface area contributed by atoms with E-state index in [0.717, 1.165) is 26.4 Å². The summed E-state index contributed by atoms with van der Waals surface area (Å²) in [5, 5.41) is 3.31. The SMILES string of the molecule is COC(=O)NS(=O)(=O)N1CCCCC1CNC(C)(C)C. The van der Waals surface area contributed by atoms with E-state index in [0.29, 0.717) is 13.1 Å². The molecule has 0 aromatic rings. The van der Waals surface area contributed by atoms with Crippen LogP contribution in [0.15, 0.2) is 0 Å². The number of rotatable bonds is 4. The molecule has 1 saturated heterocycles. The number of nitrogens with one attached hydrogen (secondary N) is 2. The first-order valence-electron chi connectivity index (χ1n) is 6.78. The third-order valence-electron chi connectivity index (χ3n) is 3.15. The van der Waals surface area contributed by atoms with Crippen molar-refractivity contribution in [2.45, 2.75) is 51.6 Å². The maximum Gasteiger partial charge on any atom is 0.421 e. The van der Waals surface area contributed by atoms with Gasteiger partial charge < -0.3 is 10.1 Å². The molecule has 0 aromatic carbocycles. The average molecular weight is 307 g/mol. The number of nitrogens with zero attached hydrogens (tertiary/aromatic N) is 1. The molecule has 1 aliphatic rings. The summed E-state index contributed by atoms with van der Waals surface area (Å²) in [7, 11) is -2.70. The zero-order chi connectivity index (χ0) is 15.4. The van der Waals surface area contributed by atoms with Crippen molar-refractivity contribution in [2.75, 3.05) is 20.2 Å². The summed E-state index contributed by atoms with van der Waals surface area (Å²) in [5.41, 5.74) is -0.0807.